The predicted octanol–water partition coefficient (Wildman–Crippen LogP) is 3.80. The topological polar surface area (TPSA) is 114 Å². The summed E-state index contributed by atoms with van der Waals surface area (Å²) < 4.78 is 5.40. The van der Waals surface area contributed by atoms with Gasteiger partial charge in [-0.25, -0.2) is 0 Å². The van der Waals surface area contributed by atoms with Gasteiger partial charge in [-0.2, -0.15) is 4.98 Å². The summed E-state index contributed by atoms with van der Waals surface area (Å²) >= 11 is 0. The molecule has 1 aliphatic heterocycles. The zero-order chi connectivity index (χ0) is 21.8. The number of carbonyl (C=O) groups excluding carboxylic acids is 1. The second-order valence-corrected chi connectivity index (χ2v) is 7.70. The van der Waals surface area contributed by atoms with E-state index in [4.69, 9.17) is 4.52 Å². The monoisotopic (exact) mass is 421 g/mol. The lowest BCUT2D eigenvalue weighted by molar-refractivity contribution is -0.384. The van der Waals surface area contributed by atoms with Gasteiger partial charge in [0.05, 0.1) is 23.1 Å². The predicted molar refractivity (Wildman–Crippen MR) is 114 cm³/mol. The number of rotatable bonds is 6. The van der Waals surface area contributed by atoms with Crippen LogP contribution >= 0.6 is 0 Å². The summed E-state index contributed by atoms with van der Waals surface area (Å²) in [6.45, 7) is 3.68. The maximum atomic E-state index is 12.8. The smallest absolute Gasteiger partial charge is 0.271 e. The minimum atomic E-state index is -0.467. The number of amides is 1. The van der Waals surface area contributed by atoms with Gasteiger partial charge in [0.25, 0.3) is 5.69 Å². The first-order valence-electron chi connectivity index (χ1n) is 10.2. The molecule has 2 heterocycles. The van der Waals surface area contributed by atoms with Gasteiger partial charge in [0.15, 0.2) is 0 Å². The van der Waals surface area contributed by atoms with Gasteiger partial charge in [0.1, 0.15) is 0 Å². The lowest BCUT2D eigenvalue weighted by Crippen LogP contribution is -2.40. The van der Waals surface area contributed by atoms with Crippen LogP contribution in [0.25, 0.3) is 11.4 Å². The van der Waals surface area contributed by atoms with Gasteiger partial charge in [-0.05, 0) is 31.9 Å². The summed E-state index contributed by atoms with van der Waals surface area (Å²) in [6, 6.07) is 14.1. The van der Waals surface area contributed by atoms with Crippen LogP contribution in [0.3, 0.4) is 0 Å². The molecule has 1 aromatic heterocycles. The molecule has 0 bridgehead atoms. The van der Waals surface area contributed by atoms with Gasteiger partial charge < -0.3 is 9.84 Å². The molecule has 1 N–H and O–H groups in total. The Hall–Kier alpha value is -3.59. The number of aryl methyl sites for hydroxylation is 1. The lowest BCUT2D eigenvalue weighted by atomic mass is 9.97. The van der Waals surface area contributed by atoms with E-state index in [-0.39, 0.29) is 17.5 Å². The zero-order valence-corrected chi connectivity index (χ0v) is 17.2. The van der Waals surface area contributed by atoms with Gasteiger partial charge in [0.2, 0.25) is 17.6 Å². The molecule has 1 amide bonds. The molecule has 0 radical (unpaired) electrons. The first-order valence-corrected chi connectivity index (χ1v) is 10.2. The Kier molecular flexibility index (Phi) is 6.03. The summed E-state index contributed by atoms with van der Waals surface area (Å²) in [5, 5.41) is 17.9. The van der Waals surface area contributed by atoms with Crippen LogP contribution in [0.2, 0.25) is 0 Å². The van der Waals surface area contributed by atoms with Crippen molar-refractivity contribution in [1.29, 1.82) is 0 Å². The molecule has 9 nitrogen and oxygen atoms in total. The summed E-state index contributed by atoms with van der Waals surface area (Å²) in [5.41, 5.74) is 2.10. The number of carbonyl (C=O) groups is 1. The highest BCUT2D eigenvalue weighted by molar-refractivity contribution is 5.93. The van der Waals surface area contributed by atoms with Gasteiger partial charge in [-0.1, -0.05) is 41.6 Å². The Balaban J connectivity index is 1.39. The first-order chi connectivity index (χ1) is 15.0. The largest absolute Gasteiger partial charge is 0.338 e. The Bertz CT molecular complexity index is 1080. The van der Waals surface area contributed by atoms with Crippen molar-refractivity contribution in [3.05, 3.63) is 70.1 Å². The van der Waals surface area contributed by atoms with Crippen LogP contribution < -0.4 is 5.32 Å². The van der Waals surface area contributed by atoms with E-state index in [9.17, 15) is 14.9 Å². The van der Waals surface area contributed by atoms with E-state index in [1.807, 2.05) is 37.3 Å². The molecule has 2 aromatic carbocycles. The minimum Gasteiger partial charge on any atom is -0.338 e. The van der Waals surface area contributed by atoms with E-state index in [1.165, 1.54) is 12.1 Å². The number of anilines is 1. The maximum Gasteiger partial charge on any atom is 0.271 e. The van der Waals surface area contributed by atoms with Crippen LogP contribution in [0.1, 0.15) is 24.3 Å². The number of hydrogen-bond donors (Lipinski definition) is 1. The number of aromatic nitrogens is 2. The van der Waals surface area contributed by atoms with E-state index in [2.05, 4.69) is 20.4 Å². The molecule has 9 heteroatoms. The molecule has 1 atom stereocenters. The van der Waals surface area contributed by atoms with Crippen LogP contribution in [0, 0.1) is 23.0 Å². The van der Waals surface area contributed by atoms with Gasteiger partial charge in [-0.3, -0.25) is 19.8 Å². The quantitative estimate of drug-likeness (QED) is 0.475. The third-order valence-electron chi connectivity index (χ3n) is 5.43. The Labute approximate surface area is 179 Å². The van der Waals surface area contributed by atoms with E-state index in [1.54, 1.807) is 6.07 Å². The van der Waals surface area contributed by atoms with Crippen molar-refractivity contribution in [3.8, 4) is 11.4 Å². The van der Waals surface area contributed by atoms with E-state index in [0.29, 0.717) is 30.5 Å². The fraction of sp³-hybridized carbons (Fsp3) is 0.318. The van der Waals surface area contributed by atoms with Crippen LogP contribution in [-0.2, 0) is 11.3 Å². The van der Waals surface area contributed by atoms with Crippen LogP contribution in [0.15, 0.2) is 53.1 Å². The summed E-state index contributed by atoms with van der Waals surface area (Å²) in [5.74, 6) is 0.699. The zero-order valence-electron chi connectivity index (χ0n) is 17.2. The van der Waals surface area contributed by atoms with Crippen LogP contribution in [0.4, 0.5) is 11.4 Å². The number of likely N-dealkylation sites (tertiary alicyclic amines) is 1. The van der Waals surface area contributed by atoms with Gasteiger partial charge in [-0.15, -0.1) is 0 Å². The summed E-state index contributed by atoms with van der Waals surface area (Å²) in [4.78, 5) is 30.0. The van der Waals surface area contributed by atoms with Gasteiger partial charge >= 0.3 is 0 Å². The molecule has 0 saturated carbocycles. The van der Waals surface area contributed by atoms with E-state index in [0.717, 1.165) is 30.5 Å². The first kappa shape index (κ1) is 20.7. The van der Waals surface area contributed by atoms with Crippen molar-refractivity contribution in [2.75, 3.05) is 18.4 Å². The van der Waals surface area contributed by atoms with Crippen molar-refractivity contribution < 1.29 is 14.2 Å². The molecule has 0 spiro atoms. The lowest BCUT2D eigenvalue weighted by Gasteiger charge is -2.31. The SMILES string of the molecule is Cc1ccc([N+](=O)[O-])cc1NC(=O)C1CCCN(Cc2nc(-c3ccccc3)no2)C1. The standard InChI is InChI=1S/C22H23N5O4/c1-15-9-10-18(27(29)30)12-19(15)23-22(28)17-8-5-11-26(13-17)14-20-24-21(25-31-20)16-6-3-2-4-7-16/h2-4,6-7,9-10,12,17H,5,8,11,13-14H2,1H3,(H,23,28). The molecule has 0 aliphatic carbocycles. The number of nitrogens with one attached hydrogen (secondary N) is 1. The molecule has 4 rings (SSSR count). The normalized spacial score (nSPS) is 16.7. The highest BCUT2D eigenvalue weighted by Crippen LogP contribution is 2.25. The Morgan fingerprint density at radius 3 is 2.87 bits per heavy atom. The Morgan fingerprint density at radius 1 is 1.29 bits per heavy atom. The third-order valence-corrected chi connectivity index (χ3v) is 5.43. The number of nitro benzene ring substituents is 1. The number of hydrogen-bond acceptors (Lipinski definition) is 7. The van der Waals surface area contributed by atoms with E-state index >= 15 is 0 Å². The third kappa shape index (κ3) is 4.95. The maximum absolute atomic E-state index is 12.8. The minimum absolute atomic E-state index is 0.0446. The second-order valence-electron chi connectivity index (χ2n) is 7.70. The van der Waals surface area contributed by atoms with Crippen molar-refractivity contribution in [2.24, 2.45) is 5.92 Å². The van der Waals surface area contributed by atoms with Crippen LogP contribution in [0.5, 0.6) is 0 Å². The highest BCUT2D eigenvalue weighted by atomic mass is 16.6. The molecule has 1 fully saturated rings. The molecule has 1 saturated heterocycles. The fourth-order valence-corrected chi connectivity index (χ4v) is 3.72. The number of non-ortho nitro benzene ring substituents is 1. The molecule has 1 aliphatic rings. The summed E-state index contributed by atoms with van der Waals surface area (Å²) in [6.07, 6.45) is 1.63. The molecule has 160 valence electrons. The number of nitrogens with zero attached hydrogens (tertiary/aromatic N) is 4. The van der Waals surface area contributed by atoms with Crippen molar-refractivity contribution in [2.45, 2.75) is 26.3 Å². The molecular weight excluding hydrogens is 398 g/mol. The van der Waals surface area contributed by atoms with Crippen molar-refractivity contribution in [3.63, 3.8) is 0 Å². The fourth-order valence-electron chi connectivity index (χ4n) is 3.72. The van der Waals surface area contributed by atoms with Crippen molar-refractivity contribution in [1.82, 2.24) is 15.0 Å². The number of nitro groups is 1. The molecule has 3 aromatic rings. The average molecular weight is 421 g/mol. The number of piperidine rings is 1. The number of benzene rings is 2. The Morgan fingerprint density at radius 2 is 2.10 bits per heavy atom. The molecular formula is C22H23N5O4. The second kappa shape index (κ2) is 9.05. The summed E-state index contributed by atoms with van der Waals surface area (Å²) in [7, 11) is 0. The average Bonchev–Trinajstić information content (AvgIpc) is 3.24. The molecule has 1 unspecified atom stereocenters. The molecule has 31 heavy (non-hydrogen) atoms. The van der Waals surface area contributed by atoms with Crippen LogP contribution in [-0.4, -0.2) is 39.0 Å². The van der Waals surface area contributed by atoms with Crippen molar-refractivity contribution >= 4 is 17.3 Å². The van der Waals surface area contributed by atoms with E-state index < -0.39 is 4.92 Å². The highest BCUT2D eigenvalue weighted by Gasteiger charge is 2.27. The van der Waals surface area contributed by atoms with Gasteiger partial charge in [0, 0.05) is 24.2 Å².